The molecule has 2 aromatic carbocycles. The summed E-state index contributed by atoms with van der Waals surface area (Å²) in [4.78, 5) is 34.1. The largest absolute Gasteiger partial charge is 0.312 e. The van der Waals surface area contributed by atoms with Crippen LogP contribution in [0.3, 0.4) is 0 Å². The summed E-state index contributed by atoms with van der Waals surface area (Å²) in [7, 11) is 0. The van der Waals surface area contributed by atoms with Gasteiger partial charge in [0.15, 0.2) is 5.13 Å². The van der Waals surface area contributed by atoms with Crippen molar-refractivity contribution in [1.29, 1.82) is 0 Å². The topological polar surface area (TPSA) is 65.5 Å². The van der Waals surface area contributed by atoms with Crippen LogP contribution in [0, 0.1) is 11.8 Å². The second kappa shape index (κ2) is 9.41. The first kappa shape index (κ1) is 22.3. The maximum Gasteiger partial charge on any atom is 0.231 e. The van der Waals surface area contributed by atoms with E-state index in [1.165, 1.54) is 29.7 Å². The predicted octanol–water partition coefficient (Wildman–Crippen LogP) is 5.17. The lowest BCUT2D eigenvalue weighted by molar-refractivity contribution is -0.122. The molecule has 0 aliphatic carbocycles. The summed E-state index contributed by atoms with van der Waals surface area (Å²) in [5, 5.41) is 4.13. The lowest BCUT2D eigenvalue weighted by Gasteiger charge is -2.30. The van der Waals surface area contributed by atoms with Crippen molar-refractivity contribution in [3.8, 4) is 0 Å². The molecule has 2 amide bonds. The average Bonchev–Trinajstić information content (AvgIpc) is 3.38. The molecule has 33 heavy (non-hydrogen) atoms. The number of anilines is 2. The maximum absolute atomic E-state index is 12.9. The molecule has 2 aliphatic heterocycles. The first-order valence-corrected chi connectivity index (χ1v) is 12.6. The van der Waals surface area contributed by atoms with Gasteiger partial charge in [-0.25, -0.2) is 4.98 Å². The molecule has 172 valence electrons. The molecule has 2 fully saturated rings. The zero-order chi connectivity index (χ0) is 22.9. The highest BCUT2D eigenvalue weighted by Crippen LogP contribution is 2.30. The van der Waals surface area contributed by atoms with Crippen molar-refractivity contribution in [2.24, 2.45) is 11.8 Å². The number of carbonyl (C=O) groups excluding carboxylic acids is 2. The minimum Gasteiger partial charge on any atom is -0.312 e. The summed E-state index contributed by atoms with van der Waals surface area (Å²) in [5.74, 6) is 0.196. The monoisotopic (exact) mass is 482 g/mol. The van der Waals surface area contributed by atoms with E-state index in [2.05, 4.69) is 34.3 Å². The molecule has 8 heteroatoms. The first-order chi connectivity index (χ1) is 15.9. The van der Waals surface area contributed by atoms with Crippen LogP contribution in [0.4, 0.5) is 10.8 Å². The SMILES string of the molecule is CC1CCN(Cc2ccc3nc(NC(=O)C4CC(=O)N(c5ccc(Cl)cc5)C4)sc3c2)CC1. The number of nitrogens with zero attached hydrogens (tertiary/aromatic N) is 3. The summed E-state index contributed by atoms with van der Waals surface area (Å²) in [6.07, 6.45) is 2.72. The molecule has 0 radical (unpaired) electrons. The van der Waals surface area contributed by atoms with Crippen LogP contribution in [0.25, 0.3) is 10.2 Å². The third-order valence-corrected chi connectivity index (χ3v) is 7.79. The lowest BCUT2D eigenvalue weighted by Crippen LogP contribution is -2.32. The number of hydrogen-bond donors (Lipinski definition) is 1. The molecular formula is C25H27ClN4O2S. The van der Waals surface area contributed by atoms with Crippen molar-refractivity contribution in [3.05, 3.63) is 53.1 Å². The van der Waals surface area contributed by atoms with Crippen molar-refractivity contribution in [2.75, 3.05) is 29.9 Å². The second-order valence-corrected chi connectivity index (χ2v) is 10.6. The molecule has 3 aromatic rings. The molecule has 0 spiro atoms. The van der Waals surface area contributed by atoms with Gasteiger partial charge in [-0.3, -0.25) is 14.5 Å². The van der Waals surface area contributed by atoms with Gasteiger partial charge in [0.2, 0.25) is 11.8 Å². The average molecular weight is 483 g/mol. The van der Waals surface area contributed by atoms with Gasteiger partial charge in [0.1, 0.15) is 0 Å². The Bertz CT molecular complexity index is 1170. The third kappa shape index (κ3) is 5.05. The zero-order valence-corrected chi connectivity index (χ0v) is 20.2. The molecule has 1 aromatic heterocycles. The van der Waals surface area contributed by atoms with E-state index in [0.29, 0.717) is 16.7 Å². The number of amides is 2. The number of aromatic nitrogens is 1. The predicted molar refractivity (Wildman–Crippen MR) is 134 cm³/mol. The second-order valence-electron chi connectivity index (χ2n) is 9.15. The van der Waals surface area contributed by atoms with E-state index < -0.39 is 5.92 Å². The summed E-state index contributed by atoms with van der Waals surface area (Å²) < 4.78 is 1.07. The number of nitrogens with one attached hydrogen (secondary N) is 1. The molecule has 3 heterocycles. The van der Waals surface area contributed by atoms with Gasteiger partial charge in [-0.1, -0.05) is 35.9 Å². The van der Waals surface area contributed by atoms with Crippen LogP contribution in [-0.2, 0) is 16.1 Å². The van der Waals surface area contributed by atoms with Gasteiger partial charge in [0, 0.05) is 30.2 Å². The number of hydrogen-bond acceptors (Lipinski definition) is 5. The fourth-order valence-corrected chi connectivity index (χ4v) is 5.62. The number of thiazole rings is 1. The molecule has 1 N–H and O–H groups in total. The van der Waals surface area contributed by atoms with E-state index in [-0.39, 0.29) is 18.2 Å². The van der Waals surface area contributed by atoms with Crippen LogP contribution in [0.1, 0.15) is 31.7 Å². The third-order valence-electron chi connectivity index (χ3n) is 6.60. The highest BCUT2D eigenvalue weighted by Gasteiger charge is 2.35. The Kier molecular flexibility index (Phi) is 6.36. The highest BCUT2D eigenvalue weighted by atomic mass is 35.5. The Morgan fingerprint density at radius 2 is 1.94 bits per heavy atom. The molecule has 0 saturated carbocycles. The quantitative estimate of drug-likeness (QED) is 0.544. The van der Waals surface area contributed by atoms with Crippen LogP contribution in [0.5, 0.6) is 0 Å². The van der Waals surface area contributed by atoms with Crippen molar-refractivity contribution >= 4 is 55.8 Å². The standard InChI is InChI=1S/C25H27ClN4O2S/c1-16-8-10-29(11-9-16)14-17-2-7-21-22(12-17)33-25(27-21)28-24(32)18-13-23(31)30(15-18)20-5-3-19(26)4-6-20/h2-7,12,16,18H,8-11,13-15H2,1H3,(H,27,28,32). The molecule has 2 saturated heterocycles. The number of carbonyl (C=O) groups is 2. The fourth-order valence-electron chi connectivity index (χ4n) is 4.56. The molecule has 6 nitrogen and oxygen atoms in total. The number of likely N-dealkylation sites (tertiary alicyclic amines) is 1. The van der Waals surface area contributed by atoms with E-state index in [1.54, 1.807) is 29.2 Å². The number of rotatable bonds is 5. The Morgan fingerprint density at radius 3 is 2.70 bits per heavy atom. The molecule has 5 rings (SSSR count). The van der Waals surface area contributed by atoms with Crippen LogP contribution >= 0.6 is 22.9 Å². The van der Waals surface area contributed by atoms with Gasteiger partial charge in [-0.15, -0.1) is 0 Å². The van der Waals surface area contributed by atoms with Crippen molar-refractivity contribution in [3.63, 3.8) is 0 Å². The van der Waals surface area contributed by atoms with E-state index in [0.717, 1.165) is 41.5 Å². The molecule has 1 unspecified atom stereocenters. The van der Waals surface area contributed by atoms with Crippen LogP contribution in [0.2, 0.25) is 5.02 Å². The van der Waals surface area contributed by atoms with Crippen molar-refractivity contribution in [1.82, 2.24) is 9.88 Å². The highest BCUT2D eigenvalue weighted by molar-refractivity contribution is 7.22. The normalized spacial score (nSPS) is 20.0. The minimum atomic E-state index is -0.405. The summed E-state index contributed by atoms with van der Waals surface area (Å²) in [5.41, 5.74) is 2.92. The summed E-state index contributed by atoms with van der Waals surface area (Å²) >= 11 is 7.43. The maximum atomic E-state index is 12.9. The van der Waals surface area contributed by atoms with Crippen LogP contribution in [0.15, 0.2) is 42.5 Å². The van der Waals surface area contributed by atoms with E-state index in [9.17, 15) is 9.59 Å². The molecular weight excluding hydrogens is 456 g/mol. The number of benzene rings is 2. The van der Waals surface area contributed by atoms with Crippen LogP contribution < -0.4 is 10.2 Å². The van der Waals surface area contributed by atoms with Crippen LogP contribution in [-0.4, -0.2) is 41.3 Å². The smallest absolute Gasteiger partial charge is 0.231 e. The number of fused-ring (bicyclic) bond motifs is 1. The molecule has 1 atom stereocenters. The Balaban J connectivity index is 1.23. The lowest BCUT2D eigenvalue weighted by atomic mass is 9.99. The summed E-state index contributed by atoms with van der Waals surface area (Å²) in [6, 6.07) is 13.4. The van der Waals surface area contributed by atoms with Gasteiger partial charge in [0.05, 0.1) is 16.1 Å². The van der Waals surface area contributed by atoms with Gasteiger partial charge >= 0.3 is 0 Å². The Morgan fingerprint density at radius 1 is 1.18 bits per heavy atom. The zero-order valence-electron chi connectivity index (χ0n) is 18.6. The van der Waals surface area contributed by atoms with E-state index in [4.69, 9.17) is 11.6 Å². The van der Waals surface area contributed by atoms with Gasteiger partial charge in [-0.05, 0) is 73.8 Å². The van der Waals surface area contributed by atoms with Gasteiger partial charge in [-0.2, -0.15) is 0 Å². The Hall–Kier alpha value is -2.48. The summed E-state index contributed by atoms with van der Waals surface area (Å²) in [6.45, 7) is 5.93. The molecule has 0 bridgehead atoms. The number of halogens is 1. The van der Waals surface area contributed by atoms with Crippen molar-refractivity contribution < 1.29 is 9.59 Å². The fraction of sp³-hybridized carbons (Fsp3) is 0.400. The van der Waals surface area contributed by atoms with E-state index >= 15 is 0 Å². The molecule has 2 aliphatic rings. The van der Waals surface area contributed by atoms with Gasteiger partial charge in [0.25, 0.3) is 0 Å². The van der Waals surface area contributed by atoms with E-state index in [1.807, 2.05) is 6.07 Å². The number of piperidine rings is 1. The van der Waals surface area contributed by atoms with Gasteiger partial charge < -0.3 is 10.2 Å². The first-order valence-electron chi connectivity index (χ1n) is 11.4. The Labute approximate surface area is 202 Å². The van der Waals surface area contributed by atoms with Crippen molar-refractivity contribution in [2.45, 2.75) is 32.7 Å². The minimum absolute atomic E-state index is 0.0569.